The summed E-state index contributed by atoms with van der Waals surface area (Å²) in [6, 6.07) is 12.8. The highest BCUT2D eigenvalue weighted by Gasteiger charge is 1.97. The standard InChI is InChI=1S/C12H9IO3/c13-11-6-10(7-12(14)16-11)15-8-9-4-2-1-3-5-9/h1-7H,8H2/q-1. The quantitative estimate of drug-likeness (QED) is 0.675. The number of ether oxygens (including phenoxy) is 1. The smallest absolute Gasteiger partial charge is 0.337 e. The van der Waals surface area contributed by atoms with Gasteiger partial charge < -0.3 is 31.7 Å². The average molecular weight is 328 g/mol. The SMILES string of the molecule is O=c1cc(OCc2ccccc2)cc([I-])o1. The Kier molecular flexibility index (Phi) is 3.61. The third kappa shape index (κ3) is 3.10. The number of rotatable bonds is 3. The van der Waals surface area contributed by atoms with Gasteiger partial charge in [0.1, 0.15) is 12.4 Å². The molecule has 16 heavy (non-hydrogen) atoms. The van der Waals surface area contributed by atoms with Gasteiger partial charge in [-0.05, 0) is 15.4 Å². The summed E-state index contributed by atoms with van der Waals surface area (Å²) in [6.07, 6.45) is 0. The van der Waals surface area contributed by atoms with Crippen LogP contribution in [-0.4, -0.2) is 0 Å². The Morgan fingerprint density at radius 1 is 1.19 bits per heavy atom. The number of halogens is 1. The van der Waals surface area contributed by atoms with Crippen LogP contribution in [0.1, 0.15) is 5.56 Å². The van der Waals surface area contributed by atoms with Gasteiger partial charge in [-0.1, -0.05) is 30.3 Å². The summed E-state index contributed by atoms with van der Waals surface area (Å²) in [5.41, 5.74) is 0.667. The minimum atomic E-state index is -0.394. The molecule has 1 aromatic heterocycles. The molecule has 0 N–H and O–H groups in total. The maximum atomic E-state index is 11.1. The topological polar surface area (TPSA) is 39.4 Å². The van der Waals surface area contributed by atoms with Gasteiger partial charge in [0, 0.05) is 0 Å². The fourth-order valence-corrected chi connectivity index (χ4v) is 1.77. The minimum absolute atomic E-state index is 0.394. The summed E-state index contributed by atoms with van der Waals surface area (Å²) in [6.45, 7) is 0.445. The molecular formula is C12H9IO3-. The molecule has 0 aliphatic carbocycles. The van der Waals surface area contributed by atoms with E-state index in [1.54, 1.807) is 6.07 Å². The average Bonchev–Trinajstić information content (AvgIpc) is 2.27. The van der Waals surface area contributed by atoms with Crippen LogP contribution in [0, 0.1) is 3.77 Å². The lowest BCUT2D eigenvalue weighted by Gasteiger charge is -2.08. The Hall–Kier alpha value is -1.30. The van der Waals surface area contributed by atoms with Crippen molar-refractivity contribution in [1.29, 1.82) is 0 Å². The molecule has 0 atom stereocenters. The van der Waals surface area contributed by atoms with Crippen LogP contribution in [0.3, 0.4) is 0 Å². The van der Waals surface area contributed by atoms with Crippen LogP contribution in [0.4, 0.5) is 0 Å². The van der Waals surface area contributed by atoms with E-state index in [4.69, 9.17) is 9.15 Å². The molecule has 1 heterocycles. The number of benzene rings is 1. The molecule has 0 aliphatic heterocycles. The molecule has 3 nitrogen and oxygen atoms in total. The zero-order valence-electron chi connectivity index (χ0n) is 8.35. The summed E-state index contributed by atoms with van der Waals surface area (Å²) in [7, 11) is 0. The second-order valence-corrected chi connectivity index (χ2v) is 4.25. The molecule has 1 aromatic carbocycles. The molecule has 0 aliphatic rings. The van der Waals surface area contributed by atoms with E-state index >= 15 is 0 Å². The highest BCUT2D eigenvalue weighted by Crippen LogP contribution is 2.09. The van der Waals surface area contributed by atoms with Crippen LogP contribution < -0.4 is 33.0 Å². The summed E-state index contributed by atoms with van der Waals surface area (Å²) < 4.78 is 10.8. The molecule has 2 rings (SSSR count). The molecule has 0 unspecified atom stereocenters. The van der Waals surface area contributed by atoms with Gasteiger partial charge in [0.25, 0.3) is 0 Å². The van der Waals surface area contributed by atoms with Crippen molar-refractivity contribution in [2.24, 2.45) is 0 Å². The fourth-order valence-electron chi connectivity index (χ4n) is 1.25. The zero-order valence-corrected chi connectivity index (χ0v) is 10.5. The highest BCUT2D eigenvalue weighted by molar-refractivity contribution is 5.18. The summed E-state index contributed by atoms with van der Waals surface area (Å²) in [5.74, 6) is 0.532. The van der Waals surface area contributed by atoms with E-state index in [9.17, 15) is 4.79 Å². The Bertz CT molecular complexity index is 519. The van der Waals surface area contributed by atoms with E-state index < -0.39 is 5.63 Å². The van der Waals surface area contributed by atoms with Gasteiger partial charge in [-0.15, -0.1) is 0 Å². The molecule has 0 saturated heterocycles. The highest BCUT2D eigenvalue weighted by atomic mass is 127. The van der Waals surface area contributed by atoms with Gasteiger partial charge in [-0.25, -0.2) is 4.79 Å². The van der Waals surface area contributed by atoms with E-state index in [-0.39, 0.29) is 0 Å². The van der Waals surface area contributed by atoms with Gasteiger partial charge in [0.2, 0.25) is 0 Å². The van der Waals surface area contributed by atoms with Crippen molar-refractivity contribution < 1.29 is 31.7 Å². The van der Waals surface area contributed by atoms with Crippen molar-refractivity contribution in [2.45, 2.75) is 6.61 Å². The molecule has 0 saturated carbocycles. The second-order valence-electron chi connectivity index (χ2n) is 3.19. The molecule has 0 spiro atoms. The van der Waals surface area contributed by atoms with E-state index in [0.29, 0.717) is 16.1 Å². The lowest BCUT2D eigenvalue weighted by Crippen LogP contribution is -3.34. The third-order valence-electron chi connectivity index (χ3n) is 1.96. The van der Waals surface area contributed by atoms with Crippen LogP contribution in [0.2, 0.25) is 0 Å². The van der Waals surface area contributed by atoms with Crippen LogP contribution in [0.25, 0.3) is 0 Å². The Balaban J connectivity index is 2.08. The zero-order chi connectivity index (χ0) is 11.4. The predicted octanol–water partition coefficient (Wildman–Crippen LogP) is -1.06. The fraction of sp³-hybridized carbons (Fsp3) is 0.0833. The van der Waals surface area contributed by atoms with E-state index in [0.717, 1.165) is 5.56 Å². The van der Waals surface area contributed by atoms with Crippen molar-refractivity contribution in [3.63, 3.8) is 0 Å². The molecule has 0 bridgehead atoms. The van der Waals surface area contributed by atoms with E-state index in [1.807, 2.05) is 52.9 Å². The van der Waals surface area contributed by atoms with Gasteiger partial charge in [-0.3, -0.25) is 0 Å². The molecular weight excluding hydrogens is 319 g/mol. The molecule has 2 aromatic rings. The normalized spacial score (nSPS) is 10.1. The first-order chi connectivity index (χ1) is 7.74. The summed E-state index contributed by atoms with van der Waals surface area (Å²) in [4.78, 5) is 11.1. The molecule has 1 radical (unpaired) electrons. The maximum Gasteiger partial charge on any atom is 0.337 e. The monoisotopic (exact) mass is 328 g/mol. The maximum absolute atomic E-state index is 11.1. The molecule has 83 valence electrons. The lowest BCUT2D eigenvalue weighted by molar-refractivity contribution is -0.365. The third-order valence-corrected chi connectivity index (χ3v) is 2.49. The number of hydrogen-bond acceptors (Lipinski definition) is 3. The molecule has 4 heteroatoms. The van der Waals surface area contributed by atoms with Crippen molar-refractivity contribution in [3.05, 3.63) is 62.2 Å². The lowest BCUT2D eigenvalue weighted by atomic mass is 10.2. The summed E-state index contributed by atoms with van der Waals surface area (Å²) >= 11 is 1.94. The Morgan fingerprint density at radius 2 is 1.94 bits per heavy atom. The van der Waals surface area contributed by atoms with Crippen LogP contribution in [0.5, 0.6) is 5.75 Å². The minimum Gasteiger partial charge on any atom is -0.715 e. The second kappa shape index (κ2) is 5.16. The largest absolute Gasteiger partial charge is 0.715 e. The van der Waals surface area contributed by atoms with E-state index in [2.05, 4.69) is 0 Å². The molecule has 0 amide bonds. The summed E-state index contributed by atoms with van der Waals surface area (Å²) in [5, 5.41) is 0. The van der Waals surface area contributed by atoms with Crippen molar-refractivity contribution in [3.8, 4) is 5.75 Å². The van der Waals surface area contributed by atoms with E-state index in [1.165, 1.54) is 6.07 Å². The van der Waals surface area contributed by atoms with Crippen LogP contribution in [0.15, 0.2) is 51.7 Å². The van der Waals surface area contributed by atoms with Crippen LogP contribution >= 0.6 is 0 Å². The van der Waals surface area contributed by atoms with Crippen molar-refractivity contribution in [2.75, 3.05) is 0 Å². The van der Waals surface area contributed by atoms with Crippen molar-refractivity contribution in [1.82, 2.24) is 0 Å². The number of hydrogen-bond donors (Lipinski definition) is 0. The molecule has 0 fully saturated rings. The van der Waals surface area contributed by atoms with Gasteiger partial charge in [-0.2, -0.15) is 0 Å². The van der Waals surface area contributed by atoms with Crippen molar-refractivity contribution >= 4 is 0 Å². The van der Waals surface area contributed by atoms with Crippen LogP contribution in [-0.2, 0) is 6.61 Å². The van der Waals surface area contributed by atoms with Gasteiger partial charge in [0.05, 0.1) is 6.07 Å². The first-order valence-electron chi connectivity index (χ1n) is 4.71. The predicted molar refractivity (Wildman–Crippen MR) is 54.4 cm³/mol. The Labute approximate surface area is 106 Å². The van der Waals surface area contributed by atoms with Gasteiger partial charge in [0.15, 0.2) is 0 Å². The van der Waals surface area contributed by atoms with Gasteiger partial charge >= 0.3 is 5.63 Å². The first-order valence-corrected chi connectivity index (χ1v) is 5.79. The first kappa shape index (κ1) is 11.2. The Morgan fingerprint density at radius 3 is 2.62 bits per heavy atom.